The topological polar surface area (TPSA) is 88.8 Å². The summed E-state index contributed by atoms with van der Waals surface area (Å²) in [4.78, 5) is 28.9. The van der Waals surface area contributed by atoms with Gasteiger partial charge in [-0.15, -0.1) is 22.7 Å². The van der Waals surface area contributed by atoms with E-state index in [9.17, 15) is 18.0 Å². The van der Waals surface area contributed by atoms with Crippen molar-refractivity contribution in [2.45, 2.75) is 32.1 Å². The first-order valence-corrected chi connectivity index (χ1v) is 11.8. The van der Waals surface area contributed by atoms with Crippen molar-refractivity contribution < 1.29 is 18.0 Å². The number of aryl methyl sites for hydroxylation is 1. The van der Waals surface area contributed by atoms with Crippen molar-refractivity contribution in [3.05, 3.63) is 57.1 Å². The lowest BCUT2D eigenvalue weighted by Gasteiger charge is -2.31. The van der Waals surface area contributed by atoms with Crippen LogP contribution in [-0.4, -0.2) is 35.5 Å². The van der Waals surface area contributed by atoms with Gasteiger partial charge in [0.25, 0.3) is 5.91 Å². The van der Waals surface area contributed by atoms with Gasteiger partial charge in [-0.2, -0.15) is 18.3 Å². The van der Waals surface area contributed by atoms with E-state index < -0.39 is 17.4 Å². The Kier molecular flexibility index (Phi) is 5.20. The number of carbonyl (C=O) groups is 1. The summed E-state index contributed by atoms with van der Waals surface area (Å²) in [6.45, 7) is 3.77. The van der Waals surface area contributed by atoms with Gasteiger partial charge in [-0.1, -0.05) is 0 Å². The number of fused-ring (bicyclic) bond motifs is 1. The van der Waals surface area contributed by atoms with Gasteiger partial charge in [0.2, 0.25) is 5.95 Å². The Morgan fingerprint density at radius 3 is 2.62 bits per heavy atom. The van der Waals surface area contributed by atoms with Crippen molar-refractivity contribution in [1.29, 1.82) is 0 Å². The second-order valence-corrected chi connectivity index (χ2v) is 10.2. The third-order valence-electron chi connectivity index (χ3n) is 5.54. The van der Waals surface area contributed by atoms with Crippen LogP contribution < -0.4 is 5.32 Å². The monoisotopic (exact) mass is 505 g/mol. The molecule has 0 unspecified atom stereocenters. The lowest BCUT2D eigenvalue weighted by Crippen LogP contribution is -2.38. The highest BCUT2D eigenvalue weighted by atomic mass is 32.1. The molecule has 13 heteroatoms. The summed E-state index contributed by atoms with van der Waals surface area (Å²) in [6, 6.07) is 5.34. The minimum absolute atomic E-state index is 0.00951. The molecule has 0 saturated heterocycles. The second-order valence-electron chi connectivity index (χ2n) is 8.16. The average Bonchev–Trinajstić information content (AvgIpc) is 3.53. The van der Waals surface area contributed by atoms with E-state index in [0.717, 1.165) is 32.3 Å². The number of aromatic nitrogens is 5. The van der Waals surface area contributed by atoms with Crippen LogP contribution in [0.15, 0.2) is 36.0 Å². The Balaban J connectivity index is 1.40. The summed E-state index contributed by atoms with van der Waals surface area (Å²) in [5, 5.41) is 8.42. The maximum absolute atomic E-state index is 13.2. The molecule has 4 aromatic rings. The fraction of sp³-hybridized carbons (Fsp3) is 0.286. The van der Waals surface area contributed by atoms with E-state index in [1.807, 2.05) is 13.8 Å². The van der Waals surface area contributed by atoms with Gasteiger partial charge in [0.1, 0.15) is 10.8 Å². The zero-order chi connectivity index (χ0) is 24.3. The number of amides is 1. The van der Waals surface area contributed by atoms with Crippen LogP contribution in [0.4, 0.5) is 24.9 Å². The minimum Gasteiger partial charge on any atom is -0.322 e. The molecule has 1 aliphatic heterocycles. The maximum atomic E-state index is 13.2. The molecule has 1 aliphatic rings. The molecule has 5 rings (SSSR count). The lowest BCUT2D eigenvalue weighted by atomic mass is 10.0. The number of carbonyl (C=O) groups excluding carboxylic acids is 1. The van der Waals surface area contributed by atoms with Crippen LogP contribution >= 0.6 is 22.7 Å². The third kappa shape index (κ3) is 3.84. The van der Waals surface area contributed by atoms with Crippen molar-refractivity contribution in [2.24, 2.45) is 7.05 Å². The molecule has 4 aromatic heterocycles. The molecule has 1 amide bonds. The highest BCUT2D eigenvalue weighted by Gasteiger charge is 2.45. The molecule has 0 atom stereocenters. The van der Waals surface area contributed by atoms with Crippen LogP contribution in [0.5, 0.6) is 0 Å². The van der Waals surface area contributed by atoms with Crippen molar-refractivity contribution in [1.82, 2.24) is 29.6 Å². The van der Waals surface area contributed by atoms with Gasteiger partial charge >= 0.3 is 6.18 Å². The Bertz CT molecular complexity index is 1390. The largest absolute Gasteiger partial charge is 0.434 e. The van der Waals surface area contributed by atoms with Crippen molar-refractivity contribution in [2.75, 3.05) is 5.32 Å². The lowest BCUT2D eigenvalue weighted by molar-refractivity contribution is -0.140. The fourth-order valence-electron chi connectivity index (χ4n) is 3.74. The number of hydrogen-bond donors (Lipinski definition) is 1. The molecular weight excluding hydrogens is 487 g/mol. The second kappa shape index (κ2) is 7.87. The third-order valence-corrected chi connectivity index (χ3v) is 7.85. The van der Waals surface area contributed by atoms with E-state index in [1.165, 1.54) is 11.3 Å². The molecule has 0 aliphatic carbocycles. The zero-order valence-corrected chi connectivity index (χ0v) is 19.8. The van der Waals surface area contributed by atoms with Gasteiger partial charge in [-0.05, 0) is 26.0 Å². The molecule has 176 valence electrons. The molecule has 0 radical (unpaired) electrons. The van der Waals surface area contributed by atoms with E-state index in [2.05, 4.69) is 25.4 Å². The fourth-order valence-corrected chi connectivity index (χ4v) is 5.76. The van der Waals surface area contributed by atoms with E-state index in [1.54, 1.807) is 47.2 Å². The zero-order valence-electron chi connectivity index (χ0n) is 18.2. The summed E-state index contributed by atoms with van der Waals surface area (Å²) in [5.41, 5.74) is -0.461. The number of nitrogens with zero attached hydrogens (tertiary/aromatic N) is 6. The molecule has 0 aromatic carbocycles. The summed E-state index contributed by atoms with van der Waals surface area (Å²) in [6.07, 6.45) is -1.22. The Morgan fingerprint density at radius 1 is 1.18 bits per heavy atom. The molecule has 1 N–H and O–H groups in total. The van der Waals surface area contributed by atoms with Gasteiger partial charge in [0, 0.05) is 29.6 Å². The number of anilines is 2. The van der Waals surface area contributed by atoms with Crippen molar-refractivity contribution in [3.63, 3.8) is 0 Å². The summed E-state index contributed by atoms with van der Waals surface area (Å²) < 4.78 is 40.4. The number of thiophene rings is 1. The first kappa shape index (κ1) is 22.5. The molecule has 0 bridgehead atoms. The van der Waals surface area contributed by atoms with Crippen molar-refractivity contribution >= 4 is 40.3 Å². The number of alkyl halides is 3. The summed E-state index contributed by atoms with van der Waals surface area (Å²) in [5.74, 6) is 0.883. The molecular formula is C21H18F3N7OS2. The van der Waals surface area contributed by atoms with Gasteiger partial charge in [0.05, 0.1) is 34.4 Å². The summed E-state index contributed by atoms with van der Waals surface area (Å²) in [7, 11) is 1.80. The van der Waals surface area contributed by atoms with Crippen LogP contribution in [0.3, 0.4) is 0 Å². The highest BCUT2D eigenvalue weighted by molar-refractivity contribution is 7.16. The Labute approximate surface area is 200 Å². The predicted octanol–water partition coefficient (Wildman–Crippen LogP) is 5.05. The Hall–Kier alpha value is -3.32. The standard InChI is InChI=1S/C21H18F3N7OS2/c1-20(2)17-11(18(32)31(20)9-16-28-14(10-33-16)21(22,23)24)8-13(34-17)12-4-6-25-19(27-12)29-15-5-7-26-30(15)3/h4-8,10H,9H2,1-3H3,(H,25,27,29). The quantitative estimate of drug-likeness (QED) is 0.408. The first-order valence-electron chi connectivity index (χ1n) is 10.1. The SMILES string of the molecule is Cn1nccc1Nc1nccc(-c2cc3c(s2)C(C)(C)N(Cc2nc(C(F)(F)F)cs2)C3=O)n1. The van der Waals surface area contributed by atoms with Crippen LogP contribution in [-0.2, 0) is 25.3 Å². The highest BCUT2D eigenvalue weighted by Crippen LogP contribution is 2.47. The molecule has 5 heterocycles. The normalized spacial score (nSPS) is 15.1. The van der Waals surface area contributed by atoms with Crippen molar-refractivity contribution in [3.8, 4) is 10.6 Å². The van der Waals surface area contributed by atoms with Crippen LogP contribution in [0, 0.1) is 0 Å². The van der Waals surface area contributed by atoms with Gasteiger partial charge in [0.15, 0.2) is 5.69 Å². The molecule has 0 spiro atoms. The molecule has 0 fully saturated rings. The molecule has 34 heavy (non-hydrogen) atoms. The molecule has 8 nitrogen and oxygen atoms in total. The number of hydrogen-bond acceptors (Lipinski definition) is 8. The van der Waals surface area contributed by atoms with Crippen LogP contribution in [0.1, 0.15) is 39.8 Å². The average molecular weight is 506 g/mol. The van der Waals surface area contributed by atoms with Gasteiger partial charge in [-0.25, -0.2) is 15.0 Å². The van der Waals surface area contributed by atoms with E-state index in [0.29, 0.717) is 17.2 Å². The van der Waals surface area contributed by atoms with E-state index in [-0.39, 0.29) is 17.5 Å². The minimum atomic E-state index is -4.51. The first-order chi connectivity index (χ1) is 16.0. The number of rotatable bonds is 5. The predicted molar refractivity (Wildman–Crippen MR) is 122 cm³/mol. The van der Waals surface area contributed by atoms with E-state index in [4.69, 9.17) is 0 Å². The number of halogens is 3. The maximum Gasteiger partial charge on any atom is 0.434 e. The van der Waals surface area contributed by atoms with Crippen LogP contribution in [0.25, 0.3) is 10.6 Å². The van der Waals surface area contributed by atoms with E-state index >= 15 is 0 Å². The smallest absolute Gasteiger partial charge is 0.322 e. The summed E-state index contributed by atoms with van der Waals surface area (Å²) >= 11 is 2.33. The number of nitrogens with one attached hydrogen (secondary N) is 1. The van der Waals surface area contributed by atoms with Crippen LogP contribution in [0.2, 0.25) is 0 Å². The Morgan fingerprint density at radius 2 is 1.97 bits per heavy atom. The number of thiazole rings is 1. The van der Waals surface area contributed by atoms with Gasteiger partial charge < -0.3 is 10.2 Å². The van der Waals surface area contributed by atoms with Gasteiger partial charge in [-0.3, -0.25) is 9.48 Å². The molecule has 0 saturated carbocycles.